The Hall–Kier alpha value is -2.88. The molecule has 106 valence electrons. The normalized spacial score (nSPS) is 14.8. The Morgan fingerprint density at radius 1 is 1.24 bits per heavy atom. The van der Waals surface area contributed by atoms with Crippen LogP contribution in [0.2, 0.25) is 0 Å². The molecule has 1 saturated heterocycles. The van der Waals surface area contributed by atoms with Crippen molar-refractivity contribution in [2.75, 3.05) is 31.1 Å². The largest absolute Gasteiger partial charge is 0.459 e. The summed E-state index contributed by atoms with van der Waals surface area (Å²) in [6, 6.07) is 5.39. The van der Waals surface area contributed by atoms with Gasteiger partial charge in [0.15, 0.2) is 17.3 Å². The van der Waals surface area contributed by atoms with Crippen molar-refractivity contribution in [2.24, 2.45) is 0 Å². The molecule has 7 heteroatoms. The van der Waals surface area contributed by atoms with E-state index in [0.29, 0.717) is 43.5 Å². The van der Waals surface area contributed by atoms with Crippen LogP contribution < -0.4 is 4.90 Å². The topological polar surface area (TPSA) is 86.3 Å². The van der Waals surface area contributed by atoms with Crippen LogP contribution in [-0.4, -0.2) is 47.0 Å². The standard InChI is InChI=1S/C14H13N5O2/c15-10-11-13(17-4-3-16-11)18-5-7-19(8-6-18)14(20)12-2-1-9-21-12/h1-4,9H,5-8H2. The molecule has 21 heavy (non-hydrogen) atoms. The number of hydrogen-bond donors (Lipinski definition) is 0. The summed E-state index contributed by atoms with van der Waals surface area (Å²) in [5, 5.41) is 9.06. The van der Waals surface area contributed by atoms with E-state index in [9.17, 15) is 4.79 Å². The number of carbonyl (C=O) groups excluding carboxylic acids is 1. The first-order valence-corrected chi connectivity index (χ1v) is 6.58. The van der Waals surface area contributed by atoms with Crippen molar-refractivity contribution < 1.29 is 9.21 Å². The number of carbonyl (C=O) groups is 1. The lowest BCUT2D eigenvalue weighted by atomic mass is 10.2. The van der Waals surface area contributed by atoms with Crippen LogP contribution in [0.3, 0.4) is 0 Å². The molecule has 2 aromatic rings. The summed E-state index contributed by atoms with van der Waals surface area (Å²) in [5.74, 6) is 0.810. The Balaban J connectivity index is 1.68. The van der Waals surface area contributed by atoms with Crippen molar-refractivity contribution in [2.45, 2.75) is 0 Å². The van der Waals surface area contributed by atoms with Gasteiger partial charge in [-0.3, -0.25) is 4.79 Å². The number of amides is 1. The van der Waals surface area contributed by atoms with Crippen molar-refractivity contribution in [1.29, 1.82) is 5.26 Å². The van der Waals surface area contributed by atoms with Crippen LogP contribution in [0.4, 0.5) is 5.82 Å². The Bertz CT molecular complexity index is 669. The van der Waals surface area contributed by atoms with Crippen LogP contribution in [0.1, 0.15) is 16.2 Å². The molecule has 0 aromatic carbocycles. The third-order valence-electron chi connectivity index (χ3n) is 3.38. The zero-order chi connectivity index (χ0) is 14.7. The van der Waals surface area contributed by atoms with Crippen LogP contribution in [0.25, 0.3) is 0 Å². The third-order valence-corrected chi connectivity index (χ3v) is 3.38. The number of nitrogens with zero attached hydrogens (tertiary/aromatic N) is 5. The maximum absolute atomic E-state index is 12.2. The number of piperazine rings is 1. The van der Waals surface area contributed by atoms with E-state index >= 15 is 0 Å². The summed E-state index contributed by atoms with van der Waals surface area (Å²) in [7, 11) is 0. The Labute approximate surface area is 121 Å². The highest BCUT2D eigenvalue weighted by Crippen LogP contribution is 2.17. The van der Waals surface area contributed by atoms with Crippen LogP contribution >= 0.6 is 0 Å². The molecule has 0 radical (unpaired) electrons. The summed E-state index contributed by atoms with van der Waals surface area (Å²) in [6.45, 7) is 2.33. The molecular weight excluding hydrogens is 270 g/mol. The second-order valence-corrected chi connectivity index (χ2v) is 4.60. The Morgan fingerprint density at radius 2 is 2.00 bits per heavy atom. The van der Waals surface area contributed by atoms with Crippen molar-refractivity contribution in [3.8, 4) is 6.07 Å². The van der Waals surface area contributed by atoms with E-state index < -0.39 is 0 Å². The molecule has 0 spiro atoms. The first-order chi connectivity index (χ1) is 10.3. The highest BCUT2D eigenvalue weighted by Gasteiger charge is 2.25. The summed E-state index contributed by atoms with van der Waals surface area (Å²) >= 11 is 0. The van der Waals surface area contributed by atoms with E-state index in [4.69, 9.17) is 9.68 Å². The van der Waals surface area contributed by atoms with Crippen LogP contribution in [-0.2, 0) is 0 Å². The van der Waals surface area contributed by atoms with Gasteiger partial charge < -0.3 is 14.2 Å². The molecule has 7 nitrogen and oxygen atoms in total. The number of furan rings is 1. The SMILES string of the molecule is N#Cc1nccnc1N1CCN(C(=O)c2ccco2)CC1. The van der Waals surface area contributed by atoms with Crippen molar-refractivity contribution in [1.82, 2.24) is 14.9 Å². The predicted octanol–water partition coefficient (Wildman–Crippen LogP) is 0.904. The fourth-order valence-corrected chi connectivity index (χ4v) is 2.32. The maximum Gasteiger partial charge on any atom is 0.289 e. The van der Waals surface area contributed by atoms with Crippen LogP contribution in [0, 0.1) is 11.3 Å². The van der Waals surface area contributed by atoms with Crippen molar-refractivity contribution >= 4 is 11.7 Å². The molecule has 0 N–H and O–H groups in total. The summed E-state index contributed by atoms with van der Waals surface area (Å²) in [4.78, 5) is 24.1. The summed E-state index contributed by atoms with van der Waals surface area (Å²) in [5.41, 5.74) is 0.309. The summed E-state index contributed by atoms with van der Waals surface area (Å²) < 4.78 is 5.13. The lowest BCUT2D eigenvalue weighted by Crippen LogP contribution is -2.49. The third kappa shape index (κ3) is 2.56. The highest BCUT2D eigenvalue weighted by molar-refractivity contribution is 5.91. The predicted molar refractivity (Wildman–Crippen MR) is 73.6 cm³/mol. The summed E-state index contributed by atoms with van der Waals surface area (Å²) in [6.07, 6.45) is 4.55. The van der Waals surface area contributed by atoms with Gasteiger partial charge in [-0.05, 0) is 12.1 Å². The van der Waals surface area contributed by atoms with E-state index in [1.807, 2.05) is 11.0 Å². The molecule has 0 aliphatic carbocycles. The minimum absolute atomic E-state index is 0.112. The molecule has 0 bridgehead atoms. The molecule has 0 saturated carbocycles. The van der Waals surface area contributed by atoms with Gasteiger partial charge in [-0.15, -0.1) is 0 Å². The van der Waals surface area contributed by atoms with E-state index in [1.54, 1.807) is 23.2 Å². The number of anilines is 1. The Kier molecular flexibility index (Phi) is 3.51. The lowest BCUT2D eigenvalue weighted by molar-refractivity contribution is 0.0714. The number of aromatic nitrogens is 2. The first-order valence-electron chi connectivity index (χ1n) is 6.58. The van der Waals surface area contributed by atoms with E-state index in [2.05, 4.69) is 9.97 Å². The molecule has 3 rings (SSSR count). The van der Waals surface area contributed by atoms with Crippen molar-refractivity contribution in [3.05, 3.63) is 42.2 Å². The van der Waals surface area contributed by atoms with Gasteiger partial charge in [-0.1, -0.05) is 0 Å². The quantitative estimate of drug-likeness (QED) is 0.814. The molecular formula is C14H13N5O2. The molecule has 3 heterocycles. The molecule has 0 unspecified atom stereocenters. The zero-order valence-corrected chi connectivity index (χ0v) is 11.3. The van der Waals surface area contributed by atoms with Gasteiger partial charge in [0.1, 0.15) is 6.07 Å². The average Bonchev–Trinajstić information content (AvgIpc) is 3.09. The van der Waals surface area contributed by atoms with Gasteiger partial charge in [0, 0.05) is 38.6 Å². The van der Waals surface area contributed by atoms with Crippen molar-refractivity contribution in [3.63, 3.8) is 0 Å². The monoisotopic (exact) mass is 283 g/mol. The number of nitriles is 1. The fraction of sp³-hybridized carbons (Fsp3) is 0.286. The lowest BCUT2D eigenvalue weighted by Gasteiger charge is -2.35. The maximum atomic E-state index is 12.2. The van der Waals surface area contributed by atoms with Gasteiger partial charge in [-0.25, -0.2) is 9.97 Å². The molecule has 2 aromatic heterocycles. The van der Waals surface area contributed by atoms with Gasteiger partial charge in [0.25, 0.3) is 5.91 Å². The fourth-order valence-electron chi connectivity index (χ4n) is 2.32. The van der Waals surface area contributed by atoms with Gasteiger partial charge in [-0.2, -0.15) is 5.26 Å². The highest BCUT2D eigenvalue weighted by atomic mass is 16.3. The molecule has 0 atom stereocenters. The van der Waals surface area contributed by atoms with E-state index in [-0.39, 0.29) is 5.91 Å². The molecule has 1 aliphatic rings. The smallest absolute Gasteiger partial charge is 0.289 e. The van der Waals surface area contributed by atoms with E-state index in [0.717, 1.165) is 0 Å². The first kappa shape index (κ1) is 13.1. The van der Waals surface area contributed by atoms with Crippen LogP contribution in [0.15, 0.2) is 35.2 Å². The van der Waals surface area contributed by atoms with Gasteiger partial charge in [0.2, 0.25) is 0 Å². The molecule has 1 aliphatic heterocycles. The zero-order valence-electron chi connectivity index (χ0n) is 11.3. The second kappa shape index (κ2) is 5.63. The van der Waals surface area contributed by atoms with E-state index in [1.165, 1.54) is 12.5 Å². The van der Waals surface area contributed by atoms with Gasteiger partial charge >= 0.3 is 0 Å². The number of hydrogen-bond acceptors (Lipinski definition) is 6. The second-order valence-electron chi connectivity index (χ2n) is 4.60. The minimum atomic E-state index is -0.112. The minimum Gasteiger partial charge on any atom is -0.459 e. The number of rotatable bonds is 2. The average molecular weight is 283 g/mol. The van der Waals surface area contributed by atoms with Crippen LogP contribution in [0.5, 0.6) is 0 Å². The molecule has 1 fully saturated rings. The van der Waals surface area contributed by atoms with Gasteiger partial charge in [0.05, 0.1) is 6.26 Å². The molecule has 1 amide bonds. The Morgan fingerprint density at radius 3 is 2.67 bits per heavy atom.